The number of benzene rings is 2. The summed E-state index contributed by atoms with van der Waals surface area (Å²) in [4.78, 5) is 12.7. The molecule has 2 aromatic heterocycles. The number of rotatable bonds is 6. The Balaban J connectivity index is 1.52. The van der Waals surface area contributed by atoms with E-state index in [4.69, 9.17) is 26.3 Å². The Kier molecular flexibility index (Phi) is 5.35. The molecule has 0 unspecified atom stereocenters. The van der Waals surface area contributed by atoms with Crippen molar-refractivity contribution >= 4 is 23.4 Å². The fourth-order valence-electron chi connectivity index (χ4n) is 3.01. The Morgan fingerprint density at radius 2 is 1.83 bits per heavy atom. The average molecular weight is 408 g/mol. The molecule has 1 amide bonds. The van der Waals surface area contributed by atoms with Gasteiger partial charge >= 0.3 is 0 Å². The number of hydrogen-bond acceptors (Lipinski definition) is 5. The second-order valence-corrected chi connectivity index (χ2v) is 6.87. The van der Waals surface area contributed by atoms with Crippen molar-refractivity contribution in [2.45, 2.75) is 6.42 Å². The zero-order valence-electron chi connectivity index (χ0n) is 15.4. The molecule has 29 heavy (non-hydrogen) atoms. The zero-order valence-corrected chi connectivity index (χ0v) is 16.1. The van der Waals surface area contributed by atoms with Crippen LogP contribution in [-0.2, 0) is 6.42 Å². The van der Waals surface area contributed by atoms with Gasteiger partial charge in [0.1, 0.15) is 11.3 Å². The van der Waals surface area contributed by atoms with Gasteiger partial charge in [-0.05, 0) is 36.2 Å². The van der Waals surface area contributed by atoms with Crippen molar-refractivity contribution in [3.63, 3.8) is 0 Å². The summed E-state index contributed by atoms with van der Waals surface area (Å²) >= 11 is 6.04. The number of anilines is 1. The molecule has 0 saturated heterocycles. The molecule has 3 N–H and O–H groups in total. The van der Waals surface area contributed by atoms with Gasteiger partial charge in [0.25, 0.3) is 5.91 Å². The van der Waals surface area contributed by atoms with Gasteiger partial charge < -0.3 is 20.0 Å². The minimum Gasteiger partial charge on any atom is -0.454 e. The SMILES string of the molecule is Nc1onc(-c2ccc(-c3cccc(Cl)c3)o2)c1C(=O)NCCc1ccccc1. The third-order valence-electron chi connectivity index (χ3n) is 4.44. The van der Waals surface area contributed by atoms with Crippen molar-refractivity contribution in [3.8, 4) is 22.8 Å². The first-order chi connectivity index (χ1) is 14.1. The molecule has 4 rings (SSSR count). The molecule has 2 heterocycles. The van der Waals surface area contributed by atoms with Gasteiger partial charge in [0.2, 0.25) is 5.88 Å². The Hall–Kier alpha value is -3.51. The number of nitrogens with zero attached hydrogens (tertiary/aromatic N) is 1. The van der Waals surface area contributed by atoms with E-state index in [-0.39, 0.29) is 23.0 Å². The normalized spacial score (nSPS) is 10.8. The third-order valence-corrected chi connectivity index (χ3v) is 4.67. The van der Waals surface area contributed by atoms with E-state index in [1.807, 2.05) is 42.5 Å². The largest absolute Gasteiger partial charge is 0.454 e. The second kappa shape index (κ2) is 8.24. The monoisotopic (exact) mass is 407 g/mol. The molecule has 7 heteroatoms. The van der Waals surface area contributed by atoms with E-state index in [0.29, 0.717) is 29.5 Å². The number of nitrogens with two attached hydrogens (primary N) is 1. The first kappa shape index (κ1) is 18.8. The van der Waals surface area contributed by atoms with Crippen LogP contribution < -0.4 is 11.1 Å². The van der Waals surface area contributed by atoms with E-state index in [2.05, 4.69) is 10.5 Å². The van der Waals surface area contributed by atoms with Crippen LogP contribution in [0.4, 0.5) is 5.88 Å². The first-order valence-corrected chi connectivity index (χ1v) is 9.43. The van der Waals surface area contributed by atoms with Crippen LogP contribution >= 0.6 is 11.6 Å². The van der Waals surface area contributed by atoms with Crippen LogP contribution in [0.2, 0.25) is 5.02 Å². The zero-order chi connectivity index (χ0) is 20.2. The van der Waals surface area contributed by atoms with E-state index in [0.717, 1.165) is 11.1 Å². The van der Waals surface area contributed by atoms with Crippen molar-refractivity contribution in [1.29, 1.82) is 0 Å². The van der Waals surface area contributed by atoms with Crippen molar-refractivity contribution < 1.29 is 13.7 Å². The lowest BCUT2D eigenvalue weighted by molar-refractivity contribution is 0.0955. The van der Waals surface area contributed by atoms with E-state index >= 15 is 0 Å². The molecule has 0 fully saturated rings. The number of hydrogen-bond donors (Lipinski definition) is 2. The molecule has 4 aromatic rings. The molecule has 0 aliphatic heterocycles. The molecular weight excluding hydrogens is 390 g/mol. The molecule has 6 nitrogen and oxygen atoms in total. The second-order valence-electron chi connectivity index (χ2n) is 6.44. The fourth-order valence-corrected chi connectivity index (χ4v) is 3.20. The smallest absolute Gasteiger partial charge is 0.259 e. The molecule has 146 valence electrons. The highest BCUT2D eigenvalue weighted by Crippen LogP contribution is 2.32. The highest BCUT2D eigenvalue weighted by molar-refractivity contribution is 6.30. The lowest BCUT2D eigenvalue weighted by atomic mass is 10.1. The van der Waals surface area contributed by atoms with Gasteiger partial charge in [-0.3, -0.25) is 4.79 Å². The van der Waals surface area contributed by atoms with Gasteiger partial charge in [0.15, 0.2) is 11.5 Å². The maximum absolute atomic E-state index is 12.7. The fraction of sp³-hybridized carbons (Fsp3) is 0.0909. The number of carbonyl (C=O) groups is 1. The first-order valence-electron chi connectivity index (χ1n) is 9.05. The van der Waals surface area contributed by atoms with Crippen molar-refractivity contribution in [2.75, 3.05) is 12.3 Å². The molecule has 0 aliphatic carbocycles. The predicted octanol–water partition coefficient (Wildman–Crippen LogP) is 4.81. The summed E-state index contributed by atoms with van der Waals surface area (Å²) in [6, 6.07) is 20.7. The van der Waals surface area contributed by atoms with Crippen molar-refractivity contribution in [3.05, 3.63) is 82.9 Å². The third kappa shape index (κ3) is 4.17. The molecule has 2 aromatic carbocycles. The van der Waals surface area contributed by atoms with Gasteiger partial charge in [0, 0.05) is 17.1 Å². The van der Waals surface area contributed by atoms with Crippen LogP contribution in [0.25, 0.3) is 22.8 Å². The summed E-state index contributed by atoms with van der Waals surface area (Å²) in [7, 11) is 0. The average Bonchev–Trinajstić information content (AvgIpc) is 3.35. The lowest BCUT2D eigenvalue weighted by Gasteiger charge is -2.05. The number of carbonyl (C=O) groups excluding carboxylic acids is 1. The molecule has 0 radical (unpaired) electrons. The Morgan fingerprint density at radius 3 is 2.62 bits per heavy atom. The van der Waals surface area contributed by atoms with E-state index < -0.39 is 0 Å². The maximum Gasteiger partial charge on any atom is 0.259 e. The highest BCUT2D eigenvalue weighted by Gasteiger charge is 2.24. The summed E-state index contributed by atoms with van der Waals surface area (Å²) in [5.74, 6) is 0.557. The minimum absolute atomic E-state index is 0.0575. The number of halogens is 1. The van der Waals surface area contributed by atoms with Crippen LogP contribution in [0.1, 0.15) is 15.9 Å². The Morgan fingerprint density at radius 1 is 1.03 bits per heavy atom. The summed E-state index contributed by atoms with van der Waals surface area (Å²) in [6.45, 7) is 0.457. The maximum atomic E-state index is 12.7. The lowest BCUT2D eigenvalue weighted by Crippen LogP contribution is -2.26. The van der Waals surface area contributed by atoms with Crippen molar-refractivity contribution in [1.82, 2.24) is 10.5 Å². The van der Waals surface area contributed by atoms with Gasteiger partial charge in [0.05, 0.1) is 0 Å². The topological polar surface area (TPSA) is 94.3 Å². The number of aromatic nitrogens is 1. The highest BCUT2D eigenvalue weighted by atomic mass is 35.5. The summed E-state index contributed by atoms with van der Waals surface area (Å²) in [5.41, 5.74) is 8.21. The van der Waals surface area contributed by atoms with Crippen LogP contribution in [0.15, 0.2) is 75.7 Å². The molecular formula is C22H18ClN3O3. The number of amides is 1. The standard InChI is InChI=1S/C22H18ClN3O3/c23-16-8-4-7-15(13-16)17-9-10-18(28-17)20-19(21(24)29-26-20)22(27)25-12-11-14-5-2-1-3-6-14/h1-10,13H,11-12,24H2,(H,25,27). The molecule has 0 spiro atoms. The van der Waals surface area contributed by atoms with Crippen LogP contribution in [0.5, 0.6) is 0 Å². The van der Waals surface area contributed by atoms with Gasteiger partial charge in [-0.15, -0.1) is 0 Å². The van der Waals surface area contributed by atoms with Gasteiger partial charge in [-0.2, -0.15) is 0 Å². The molecule has 0 aliphatic rings. The summed E-state index contributed by atoms with van der Waals surface area (Å²) in [6.07, 6.45) is 0.701. The number of nitrogens with one attached hydrogen (secondary N) is 1. The van der Waals surface area contributed by atoms with Gasteiger partial charge in [-0.25, -0.2) is 0 Å². The van der Waals surface area contributed by atoms with E-state index in [9.17, 15) is 4.79 Å². The van der Waals surface area contributed by atoms with E-state index in [1.54, 1.807) is 24.3 Å². The van der Waals surface area contributed by atoms with Crippen LogP contribution in [0.3, 0.4) is 0 Å². The minimum atomic E-state index is -0.365. The molecule has 0 bridgehead atoms. The Labute approximate surface area is 172 Å². The molecule has 0 atom stereocenters. The van der Waals surface area contributed by atoms with Crippen LogP contribution in [0, 0.1) is 0 Å². The number of nitrogen functional groups attached to an aromatic ring is 1. The van der Waals surface area contributed by atoms with Gasteiger partial charge in [-0.1, -0.05) is 59.2 Å². The Bertz CT molecular complexity index is 1140. The van der Waals surface area contributed by atoms with Crippen molar-refractivity contribution in [2.24, 2.45) is 0 Å². The summed E-state index contributed by atoms with van der Waals surface area (Å²) in [5, 5.41) is 7.37. The summed E-state index contributed by atoms with van der Waals surface area (Å²) < 4.78 is 10.9. The number of furan rings is 1. The van der Waals surface area contributed by atoms with E-state index in [1.165, 1.54) is 0 Å². The quantitative estimate of drug-likeness (QED) is 0.478. The molecule has 0 saturated carbocycles. The predicted molar refractivity (Wildman–Crippen MR) is 112 cm³/mol. The van der Waals surface area contributed by atoms with Crippen LogP contribution in [-0.4, -0.2) is 17.6 Å².